The number of aliphatic carboxylic acids is 2. The normalized spacial score (nSPS) is 9.83. The molecule has 6 heteroatoms. The van der Waals surface area contributed by atoms with Gasteiger partial charge in [-0.15, -0.1) is 0 Å². The highest BCUT2D eigenvalue weighted by Crippen LogP contribution is 2.19. The zero-order valence-corrected chi connectivity index (χ0v) is 10.00. The fourth-order valence-electron chi connectivity index (χ4n) is 1.48. The molecular weight excluding hydrogens is 238 g/mol. The van der Waals surface area contributed by atoms with Gasteiger partial charge in [-0.25, -0.2) is 0 Å². The predicted molar refractivity (Wildman–Crippen MR) is 65.1 cm³/mol. The van der Waals surface area contributed by atoms with Crippen LogP contribution in [0.2, 0.25) is 0 Å². The molecule has 0 atom stereocenters. The summed E-state index contributed by atoms with van der Waals surface area (Å²) in [5, 5.41) is 17.5. The third kappa shape index (κ3) is 4.32. The van der Waals surface area contributed by atoms with Crippen LogP contribution in [0.3, 0.4) is 0 Å². The molecule has 18 heavy (non-hydrogen) atoms. The Morgan fingerprint density at radius 3 is 2.00 bits per heavy atom. The first-order chi connectivity index (χ1) is 8.52. The summed E-state index contributed by atoms with van der Waals surface area (Å²) in [5.74, 6) is -1.50. The highest BCUT2D eigenvalue weighted by atomic mass is 16.5. The SMILES string of the molecule is CCOc1ccc(N(CC(=O)O)CC(=O)O)cc1. The average molecular weight is 253 g/mol. The van der Waals surface area contributed by atoms with Crippen molar-refractivity contribution < 1.29 is 24.5 Å². The molecule has 0 fully saturated rings. The summed E-state index contributed by atoms with van der Waals surface area (Å²) in [7, 11) is 0. The number of ether oxygens (including phenoxy) is 1. The van der Waals surface area contributed by atoms with Gasteiger partial charge in [0.15, 0.2) is 0 Å². The van der Waals surface area contributed by atoms with Crippen molar-refractivity contribution in [2.24, 2.45) is 0 Å². The van der Waals surface area contributed by atoms with Crippen LogP contribution < -0.4 is 9.64 Å². The topological polar surface area (TPSA) is 87.1 Å². The second-order valence-corrected chi connectivity index (χ2v) is 3.57. The Labute approximate surface area is 104 Å². The number of hydrogen-bond acceptors (Lipinski definition) is 4. The van der Waals surface area contributed by atoms with E-state index in [0.717, 1.165) is 0 Å². The highest BCUT2D eigenvalue weighted by molar-refractivity contribution is 5.79. The van der Waals surface area contributed by atoms with E-state index in [-0.39, 0.29) is 13.1 Å². The van der Waals surface area contributed by atoms with Crippen molar-refractivity contribution in [3.05, 3.63) is 24.3 Å². The van der Waals surface area contributed by atoms with Crippen LogP contribution in [0.15, 0.2) is 24.3 Å². The van der Waals surface area contributed by atoms with E-state index in [1.165, 1.54) is 4.90 Å². The van der Waals surface area contributed by atoms with Crippen LogP contribution in [0.25, 0.3) is 0 Å². The Kier molecular flexibility index (Phi) is 4.98. The van der Waals surface area contributed by atoms with Gasteiger partial charge in [-0.3, -0.25) is 9.59 Å². The molecule has 0 radical (unpaired) electrons. The van der Waals surface area contributed by atoms with Crippen LogP contribution in [0.5, 0.6) is 5.75 Å². The lowest BCUT2D eigenvalue weighted by atomic mass is 10.2. The lowest BCUT2D eigenvalue weighted by Gasteiger charge is -2.20. The number of carbonyl (C=O) groups is 2. The summed E-state index contributed by atoms with van der Waals surface area (Å²) in [5.41, 5.74) is 0.531. The molecule has 2 N–H and O–H groups in total. The smallest absolute Gasteiger partial charge is 0.323 e. The molecule has 6 nitrogen and oxygen atoms in total. The van der Waals surface area contributed by atoms with Gasteiger partial charge < -0.3 is 19.8 Å². The number of carboxylic acid groups (broad SMARTS) is 2. The van der Waals surface area contributed by atoms with Crippen molar-refractivity contribution in [3.63, 3.8) is 0 Å². The minimum absolute atomic E-state index is 0.361. The van der Waals surface area contributed by atoms with Crippen molar-refractivity contribution in [2.45, 2.75) is 6.92 Å². The lowest BCUT2D eigenvalue weighted by Crippen LogP contribution is -2.34. The van der Waals surface area contributed by atoms with Crippen LogP contribution in [0, 0.1) is 0 Å². The number of anilines is 1. The molecule has 98 valence electrons. The van der Waals surface area contributed by atoms with Gasteiger partial charge in [0.2, 0.25) is 0 Å². The molecule has 0 unspecified atom stereocenters. The first kappa shape index (κ1) is 13.8. The van der Waals surface area contributed by atoms with Gasteiger partial charge in [-0.1, -0.05) is 0 Å². The molecule has 0 spiro atoms. The maximum Gasteiger partial charge on any atom is 0.323 e. The molecule has 0 aliphatic rings. The summed E-state index contributed by atoms with van der Waals surface area (Å²) in [6.45, 7) is 1.67. The second kappa shape index (κ2) is 6.48. The fraction of sp³-hybridized carbons (Fsp3) is 0.333. The number of hydrogen-bond donors (Lipinski definition) is 2. The summed E-state index contributed by atoms with van der Waals surface area (Å²) >= 11 is 0. The van der Waals surface area contributed by atoms with Gasteiger partial charge in [0.05, 0.1) is 6.61 Å². The average Bonchev–Trinajstić information content (AvgIpc) is 2.28. The summed E-state index contributed by atoms with van der Waals surface area (Å²) in [6.07, 6.45) is 0. The van der Waals surface area contributed by atoms with Crippen LogP contribution in [0.4, 0.5) is 5.69 Å². The van der Waals surface area contributed by atoms with Crippen molar-refractivity contribution in [1.29, 1.82) is 0 Å². The zero-order chi connectivity index (χ0) is 13.5. The van der Waals surface area contributed by atoms with Crippen LogP contribution >= 0.6 is 0 Å². The summed E-state index contributed by atoms with van der Waals surface area (Å²) in [6, 6.07) is 6.62. The molecule has 0 bridgehead atoms. The van der Waals surface area contributed by atoms with E-state index in [4.69, 9.17) is 14.9 Å². The van der Waals surface area contributed by atoms with Crippen LogP contribution in [-0.4, -0.2) is 41.8 Å². The van der Waals surface area contributed by atoms with E-state index >= 15 is 0 Å². The fourth-order valence-corrected chi connectivity index (χ4v) is 1.48. The van der Waals surface area contributed by atoms with Crippen molar-refractivity contribution >= 4 is 17.6 Å². The summed E-state index contributed by atoms with van der Waals surface area (Å²) in [4.78, 5) is 22.6. The van der Waals surface area contributed by atoms with Gasteiger partial charge in [-0.05, 0) is 31.2 Å². The molecule has 1 aromatic carbocycles. The molecule has 0 amide bonds. The second-order valence-electron chi connectivity index (χ2n) is 3.57. The minimum atomic E-state index is -1.08. The maximum atomic E-state index is 10.7. The van der Waals surface area contributed by atoms with E-state index in [1.807, 2.05) is 6.92 Å². The van der Waals surface area contributed by atoms with Crippen molar-refractivity contribution in [2.75, 3.05) is 24.6 Å². The molecule has 0 saturated heterocycles. The maximum absolute atomic E-state index is 10.7. The molecule has 1 aromatic rings. The van der Waals surface area contributed by atoms with Gasteiger partial charge in [0.25, 0.3) is 0 Å². The largest absolute Gasteiger partial charge is 0.494 e. The van der Waals surface area contributed by atoms with Gasteiger partial charge >= 0.3 is 11.9 Å². The van der Waals surface area contributed by atoms with Crippen LogP contribution in [0.1, 0.15) is 6.92 Å². The zero-order valence-electron chi connectivity index (χ0n) is 10.00. The Bertz CT molecular complexity index is 399. The third-order valence-corrected chi connectivity index (χ3v) is 2.17. The molecule has 0 aliphatic carbocycles. The molecule has 0 heterocycles. The van der Waals surface area contributed by atoms with Crippen LogP contribution in [-0.2, 0) is 9.59 Å². The first-order valence-electron chi connectivity index (χ1n) is 5.44. The van der Waals surface area contributed by atoms with Crippen molar-refractivity contribution in [1.82, 2.24) is 0 Å². The summed E-state index contributed by atoms with van der Waals surface area (Å²) < 4.78 is 5.25. The minimum Gasteiger partial charge on any atom is -0.494 e. The van der Waals surface area contributed by atoms with Crippen molar-refractivity contribution in [3.8, 4) is 5.75 Å². The Hall–Kier alpha value is -2.24. The number of rotatable bonds is 7. The molecule has 0 aliphatic heterocycles. The number of carboxylic acids is 2. The third-order valence-electron chi connectivity index (χ3n) is 2.17. The molecule has 0 saturated carbocycles. The van der Waals surface area contributed by atoms with Gasteiger partial charge in [0.1, 0.15) is 18.8 Å². The quantitative estimate of drug-likeness (QED) is 0.755. The van der Waals surface area contributed by atoms with Gasteiger partial charge in [0, 0.05) is 5.69 Å². The Morgan fingerprint density at radius 2 is 1.61 bits per heavy atom. The Morgan fingerprint density at radius 1 is 1.11 bits per heavy atom. The lowest BCUT2D eigenvalue weighted by molar-refractivity contribution is -0.136. The van der Waals surface area contributed by atoms with E-state index < -0.39 is 11.9 Å². The number of benzene rings is 1. The number of nitrogens with zero attached hydrogens (tertiary/aromatic N) is 1. The molecule has 0 aromatic heterocycles. The molecular formula is C12H15NO5. The van der Waals surface area contributed by atoms with E-state index in [1.54, 1.807) is 24.3 Å². The van der Waals surface area contributed by atoms with E-state index in [2.05, 4.69) is 0 Å². The Balaban J connectivity index is 2.83. The molecule has 1 rings (SSSR count). The van der Waals surface area contributed by atoms with E-state index in [9.17, 15) is 9.59 Å². The monoisotopic (exact) mass is 253 g/mol. The van der Waals surface area contributed by atoms with E-state index in [0.29, 0.717) is 18.0 Å². The van der Waals surface area contributed by atoms with Gasteiger partial charge in [-0.2, -0.15) is 0 Å². The standard InChI is InChI=1S/C12H15NO5/c1-2-18-10-5-3-9(4-6-10)13(7-11(14)15)8-12(16)17/h3-6H,2,7-8H2,1H3,(H,14,15)(H,16,17). The highest BCUT2D eigenvalue weighted by Gasteiger charge is 2.14. The first-order valence-corrected chi connectivity index (χ1v) is 5.44. The predicted octanol–water partition coefficient (Wildman–Crippen LogP) is 1.06.